The van der Waals surface area contributed by atoms with Crippen LogP contribution < -0.4 is 30.5 Å². The molecule has 0 radical (unpaired) electrons. The van der Waals surface area contributed by atoms with Gasteiger partial charge in [0.25, 0.3) is 11.8 Å². The minimum absolute atomic E-state index is 0.0249. The lowest BCUT2D eigenvalue weighted by Crippen LogP contribution is -2.54. The van der Waals surface area contributed by atoms with E-state index in [2.05, 4.69) is 26.3 Å². The van der Waals surface area contributed by atoms with E-state index in [9.17, 15) is 40.8 Å². The van der Waals surface area contributed by atoms with E-state index in [1.54, 1.807) is 54.6 Å². The summed E-state index contributed by atoms with van der Waals surface area (Å²) in [7, 11) is -2.18. The summed E-state index contributed by atoms with van der Waals surface area (Å²) in [6, 6.07) is 15.7. The second-order valence-corrected chi connectivity index (χ2v) is 16.3. The number of benzene rings is 3. The summed E-state index contributed by atoms with van der Waals surface area (Å²) >= 11 is 0. The van der Waals surface area contributed by atoms with E-state index in [0.29, 0.717) is 48.2 Å². The summed E-state index contributed by atoms with van der Waals surface area (Å²) in [6.07, 6.45) is -2.23. The van der Waals surface area contributed by atoms with Crippen LogP contribution in [-0.2, 0) is 38.9 Å². The molecule has 0 saturated carbocycles. The number of hydrogen-bond donors (Lipinski definition) is 4. The van der Waals surface area contributed by atoms with Crippen molar-refractivity contribution in [1.82, 2.24) is 20.5 Å². The second-order valence-electron chi connectivity index (χ2n) is 14.3. The highest BCUT2D eigenvalue weighted by Crippen LogP contribution is 2.37. The third-order valence-electron chi connectivity index (χ3n) is 10.3. The molecule has 2 saturated heterocycles. The van der Waals surface area contributed by atoms with Crippen molar-refractivity contribution in [3.8, 4) is 0 Å². The van der Waals surface area contributed by atoms with Crippen LogP contribution >= 0.6 is 0 Å². The number of nitrogens with zero attached hydrogens (tertiary/aromatic N) is 4. The Morgan fingerprint density at radius 1 is 0.948 bits per heavy atom. The standard InChI is InChI=1S/C39H38F4N8O6S/c1-49(58(2,56)57)26-5-3-4-22(14-26)18-45-32-17-34(46-20-30(32)39(41,42)43)47-24-7-6-23(31(40)15-24)19-44-25-12-13-50(21-25)27-8-9-28-29(16-27)38(55)51(37(28)54)33-10-11-35(52)48-36(33)53/h3-9,14-17,20,25,33,44H,10-13,18-19,21H2,1-2H3,(H2,45,46,47)(H,48,52,53)/t25-,33?/m1/s1. The quantitative estimate of drug-likeness (QED) is 0.115. The van der Waals surface area contributed by atoms with Crippen LogP contribution in [0.5, 0.6) is 0 Å². The number of carbonyl (C=O) groups excluding carboxylic acids is 4. The number of sulfonamides is 1. The van der Waals surface area contributed by atoms with Gasteiger partial charge in [-0.2, -0.15) is 13.2 Å². The zero-order valence-corrected chi connectivity index (χ0v) is 32.0. The highest BCUT2D eigenvalue weighted by molar-refractivity contribution is 7.92. The number of hydrogen-bond acceptors (Lipinski definition) is 11. The first-order valence-electron chi connectivity index (χ1n) is 18.2. The Balaban J connectivity index is 0.960. The third-order valence-corrected chi connectivity index (χ3v) is 11.6. The molecule has 304 valence electrons. The van der Waals surface area contributed by atoms with Gasteiger partial charge in [0.05, 0.1) is 34.3 Å². The Hall–Kier alpha value is -6.08. The Labute approximate surface area is 330 Å². The smallest absolute Gasteiger partial charge is 0.380 e. The number of piperidine rings is 1. The molecule has 4 aromatic rings. The fraction of sp³-hybridized carbons (Fsp3) is 0.308. The maximum absolute atomic E-state index is 15.3. The SMILES string of the molecule is CN(c1cccc(CNc2cc(Nc3ccc(CN[C@@H]4CCN(c5ccc6c(c5)C(=O)N(C5CCC(=O)NC5=O)C6=O)C4)c(F)c3)ncc2C(F)(F)F)c1)S(C)(=O)=O. The van der Waals surface area contributed by atoms with Crippen molar-refractivity contribution >= 4 is 62.2 Å². The number of nitrogens with one attached hydrogen (secondary N) is 4. The van der Waals surface area contributed by atoms with E-state index in [1.165, 1.54) is 13.1 Å². The predicted octanol–water partition coefficient (Wildman–Crippen LogP) is 4.76. The van der Waals surface area contributed by atoms with Gasteiger partial charge in [-0.3, -0.25) is 33.7 Å². The van der Waals surface area contributed by atoms with Gasteiger partial charge >= 0.3 is 6.18 Å². The van der Waals surface area contributed by atoms with E-state index in [4.69, 9.17) is 0 Å². The number of fused-ring (bicyclic) bond motifs is 1. The van der Waals surface area contributed by atoms with Gasteiger partial charge in [0.2, 0.25) is 21.8 Å². The molecule has 2 atom stereocenters. The first-order valence-corrected chi connectivity index (χ1v) is 20.0. The van der Waals surface area contributed by atoms with Crippen molar-refractivity contribution < 1.29 is 45.2 Å². The largest absolute Gasteiger partial charge is 0.419 e. The molecule has 1 aromatic heterocycles. The van der Waals surface area contributed by atoms with E-state index in [-0.39, 0.29) is 60.3 Å². The monoisotopic (exact) mass is 822 g/mol. The van der Waals surface area contributed by atoms with E-state index in [0.717, 1.165) is 21.5 Å². The number of imide groups is 2. The van der Waals surface area contributed by atoms with Crippen molar-refractivity contribution in [1.29, 1.82) is 0 Å². The molecule has 3 aliphatic heterocycles. The molecule has 4 heterocycles. The van der Waals surface area contributed by atoms with Gasteiger partial charge in [-0.15, -0.1) is 0 Å². The van der Waals surface area contributed by atoms with Crippen LogP contribution in [-0.4, -0.2) is 80.4 Å². The molecule has 4 amide bonds. The Morgan fingerprint density at radius 3 is 2.45 bits per heavy atom. The van der Waals surface area contributed by atoms with Crippen molar-refractivity contribution in [3.05, 3.63) is 107 Å². The molecule has 0 spiro atoms. The van der Waals surface area contributed by atoms with Crippen LogP contribution in [0.4, 0.5) is 46.1 Å². The van der Waals surface area contributed by atoms with E-state index < -0.39 is 57.3 Å². The van der Waals surface area contributed by atoms with E-state index in [1.807, 2.05) is 4.90 Å². The Morgan fingerprint density at radius 2 is 1.72 bits per heavy atom. The number of amides is 4. The summed E-state index contributed by atoms with van der Waals surface area (Å²) in [4.78, 5) is 57.2. The highest BCUT2D eigenvalue weighted by Gasteiger charge is 2.45. The predicted molar refractivity (Wildman–Crippen MR) is 207 cm³/mol. The molecule has 3 aromatic carbocycles. The first kappa shape index (κ1) is 40.1. The van der Waals surface area contributed by atoms with Gasteiger partial charge in [0, 0.05) is 74.9 Å². The fourth-order valence-corrected chi connectivity index (χ4v) is 7.63. The summed E-state index contributed by atoms with van der Waals surface area (Å²) < 4.78 is 82.0. The maximum atomic E-state index is 15.3. The second kappa shape index (κ2) is 15.7. The zero-order chi connectivity index (χ0) is 41.5. The molecule has 0 aliphatic carbocycles. The molecule has 19 heteroatoms. The van der Waals surface area contributed by atoms with Crippen LogP contribution in [0.2, 0.25) is 0 Å². The molecule has 58 heavy (non-hydrogen) atoms. The number of alkyl halides is 3. The molecule has 3 aliphatic rings. The molecule has 7 rings (SSSR count). The number of anilines is 5. The van der Waals surface area contributed by atoms with E-state index >= 15 is 4.39 Å². The average molecular weight is 823 g/mol. The van der Waals surface area contributed by atoms with Gasteiger partial charge < -0.3 is 20.9 Å². The first-order chi connectivity index (χ1) is 27.5. The van der Waals surface area contributed by atoms with Crippen LogP contribution in [0.1, 0.15) is 56.7 Å². The Kier molecular flexibility index (Phi) is 10.9. The number of aromatic nitrogens is 1. The summed E-state index contributed by atoms with van der Waals surface area (Å²) in [5, 5.41) is 11.2. The molecule has 4 N–H and O–H groups in total. The fourth-order valence-electron chi connectivity index (χ4n) is 7.13. The van der Waals surface area contributed by atoms with Gasteiger partial charge in [-0.25, -0.2) is 17.8 Å². The number of rotatable bonds is 12. The van der Waals surface area contributed by atoms with Crippen molar-refractivity contribution in [3.63, 3.8) is 0 Å². The van der Waals surface area contributed by atoms with Crippen LogP contribution in [0.3, 0.4) is 0 Å². The number of carbonyl (C=O) groups is 4. The molecule has 2 fully saturated rings. The topological polar surface area (TPSA) is 173 Å². The average Bonchev–Trinajstić information content (AvgIpc) is 3.74. The molecular formula is C39H38F4N8O6S. The lowest BCUT2D eigenvalue weighted by Gasteiger charge is -2.27. The van der Waals surface area contributed by atoms with Gasteiger partial charge in [-0.1, -0.05) is 18.2 Å². The molecule has 14 nitrogen and oxygen atoms in total. The molecule has 1 unspecified atom stereocenters. The summed E-state index contributed by atoms with van der Waals surface area (Å²) in [5.41, 5.74) is 1.25. The van der Waals surface area contributed by atoms with Crippen molar-refractivity contribution in [2.45, 2.75) is 50.6 Å². The lowest BCUT2D eigenvalue weighted by molar-refractivity contribution is -0.137. The minimum Gasteiger partial charge on any atom is -0.380 e. The van der Waals surface area contributed by atoms with Crippen LogP contribution in [0, 0.1) is 5.82 Å². The Bertz CT molecular complexity index is 2430. The van der Waals surface area contributed by atoms with Gasteiger partial charge in [0.15, 0.2) is 0 Å². The van der Waals surface area contributed by atoms with Gasteiger partial charge in [0.1, 0.15) is 17.7 Å². The van der Waals surface area contributed by atoms with Crippen molar-refractivity contribution in [2.24, 2.45) is 0 Å². The third kappa shape index (κ3) is 8.45. The molecule has 0 bridgehead atoms. The normalized spacial score (nSPS) is 18.4. The molecular weight excluding hydrogens is 785 g/mol. The van der Waals surface area contributed by atoms with Gasteiger partial charge in [-0.05, 0) is 60.9 Å². The zero-order valence-electron chi connectivity index (χ0n) is 31.2. The number of halogens is 4. The number of pyridine rings is 1. The van der Waals surface area contributed by atoms with Crippen LogP contribution in [0.25, 0.3) is 0 Å². The maximum Gasteiger partial charge on any atom is 0.419 e. The summed E-state index contributed by atoms with van der Waals surface area (Å²) in [6.45, 7) is 1.26. The lowest BCUT2D eigenvalue weighted by atomic mass is 10.0. The minimum atomic E-state index is -4.73. The highest BCUT2D eigenvalue weighted by atomic mass is 32.2. The van der Waals surface area contributed by atoms with Crippen LogP contribution in [0.15, 0.2) is 72.9 Å². The van der Waals surface area contributed by atoms with Crippen molar-refractivity contribution in [2.75, 3.05) is 46.2 Å². The summed E-state index contributed by atoms with van der Waals surface area (Å²) in [5.74, 6) is -2.84.